The van der Waals surface area contributed by atoms with Crippen molar-refractivity contribution in [3.05, 3.63) is 82.6 Å². The molecule has 0 bridgehead atoms. The summed E-state index contributed by atoms with van der Waals surface area (Å²) in [5.74, 6) is -0.130. The van der Waals surface area contributed by atoms with Crippen molar-refractivity contribution < 1.29 is 14.3 Å². The first-order valence-corrected chi connectivity index (χ1v) is 12.2. The van der Waals surface area contributed by atoms with Gasteiger partial charge in [0.1, 0.15) is 5.60 Å². The van der Waals surface area contributed by atoms with Gasteiger partial charge >= 0.3 is 6.09 Å². The first kappa shape index (κ1) is 24.8. The molecule has 2 amide bonds. The van der Waals surface area contributed by atoms with Gasteiger partial charge in [0.2, 0.25) is 0 Å². The molecule has 1 aliphatic heterocycles. The monoisotopic (exact) mass is 494 g/mol. The van der Waals surface area contributed by atoms with Gasteiger partial charge in [-0.15, -0.1) is 0 Å². The van der Waals surface area contributed by atoms with Gasteiger partial charge in [-0.25, -0.2) is 9.48 Å². The minimum absolute atomic E-state index is 0.0671. The molecule has 1 N–H and O–H groups in total. The lowest BCUT2D eigenvalue weighted by Gasteiger charge is -2.34. The van der Waals surface area contributed by atoms with Crippen LogP contribution in [0.3, 0.4) is 0 Å². The summed E-state index contributed by atoms with van der Waals surface area (Å²) in [6.07, 6.45) is 2.75. The molecule has 0 radical (unpaired) electrons. The Morgan fingerprint density at radius 1 is 1.06 bits per heavy atom. The smallest absolute Gasteiger partial charge is 0.410 e. The van der Waals surface area contributed by atoms with Crippen LogP contribution in [-0.4, -0.2) is 45.4 Å². The Balaban J connectivity index is 1.55. The van der Waals surface area contributed by atoms with E-state index < -0.39 is 5.60 Å². The van der Waals surface area contributed by atoms with Crippen molar-refractivity contribution in [1.82, 2.24) is 20.0 Å². The second-order valence-corrected chi connectivity index (χ2v) is 10.1. The minimum Gasteiger partial charge on any atom is -0.444 e. The van der Waals surface area contributed by atoms with E-state index in [0.717, 1.165) is 16.9 Å². The van der Waals surface area contributed by atoms with E-state index in [1.54, 1.807) is 17.2 Å². The minimum atomic E-state index is -0.535. The summed E-state index contributed by atoms with van der Waals surface area (Å²) in [5, 5.41) is 8.19. The van der Waals surface area contributed by atoms with E-state index in [1.807, 2.05) is 74.0 Å². The Morgan fingerprint density at radius 3 is 2.37 bits per heavy atom. The highest BCUT2D eigenvalue weighted by molar-refractivity contribution is 6.31. The molecule has 2 heterocycles. The van der Waals surface area contributed by atoms with Crippen molar-refractivity contribution in [3.8, 4) is 5.69 Å². The highest BCUT2D eigenvalue weighted by atomic mass is 35.5. The molecule has 1 saturated heterocycles. The Hall–Kier alpha value is -3.32. The number of nitrogens with zero attached hydrogens (tertiary/aromatic N) is 3. The van der Waals surface area contributed by atoms with Crippen molar-refractivity contribution >= 4 is 23.6 Å². The molecule has 0 atom stereocenters. The number of amides is 2. The molecule has 2 aromatic carbocycles. The Bertz CT molecular complexity index is 1180. The number of hydrogen-bond donors (Lipinski definition) is 1. The molecule has 1 aliphatic rings. The summed E-state index contributed by atoms with van der Waals surface area (Å²) < 4.78 is 7.38. The number of benzene rings is 2. The molecule has 0 aliphatic carbocycles. The third-order valence-electron chi connectivity index (χ3n) is 5.98. The fourth-order valence-electron chi connectivity index (χ4n) is 4.28. The first-order valence-electron chi connectivity index (χ1n) is 11.9. The highest BCUT2D eigenvalue weighted by Crippen LogP contribution is 2.33. The topological polar surface area (TPSA) is 76.5 Å². The number of carbonyl (C=O) groups excluding carboxylic acids is 2. The Morgan fingerprint density at radius 2 is 1.71 bits per heavy atom. The number of aromatic nitrogens is 2. The third-order valence-corrected chi connectivity index (χ3v) is 6.35. The maximum atomic E-state index is 13.3. The Kier molecular flexibility index (Phi) is 7.45. The van der Waals surface area contributed by atoms with Crippen LogP contribution >= 0.6 is 11.6 Å². The van der Waals surface area contributed by atoms with Gasteiger partial charge in [0.15, 0.2) is 0 Å². The van der Waals surface area contributed by atoms with Crippen LogP contribution in [0.1, 0.15) is 61.1 Å². The molecule has 1 fully saturated rings. The summed E-state index contributed by atoms with van der Waals surface area (Å²) in [4.78, 5) is 27.5. The second kappa shape index (κ2) is 10.5. The molecular weight excluding hydrogens is 464 g/mol. The number of para-hydroxylation sites is 1. The van der Waals surface area contributed by atoms with Crippen LogP contribution in [0.2, 0.25) is 5.02 Å². The predicted molar refractivity (Wildman–Crippen MR) is 136 cm³/mol. The number of hydrogen-bond acceptors (Lipinski definition) is 4. The molecule has 0 saturated carbocycles. The van der Waals surface area contributed by atoms with Crippen LogP contribution in [0, 0.1) is 0 Å². The van der Waals surface area contributed by atoms with Crippen LogP contribution in [-0.2, 0) is 11.3 Å². The summed E-state index contributed by atoms with van der Waals surface area (Å²) in [7, 11) is 0. The van der Waals surface area contributed by atoms with Crippen molar-refractivity contribution in [2.45, 2.75) is 51.7 Å². The summed E-state index contributed by atoms with van der Waals surface area (Å²) in [6.45, 7) is 7.03. The summed E-state index contributed by atoms with van der Waals surface area (Å²) in [5.41, 5.74) is 2.60. The van der Waals surface area contributed by atoms with Crippen LogP contribution in [0.15, 0.2) is 60.8 Å². The maximum absolute atomic E-state index is 13.3. The highest BCUT2D eigenvalue weighted by Gasteiger charge is 2.32. The van der Waals surface area contributed by atoms with Gasteiger partial charge in [-0.3, -0.25) is 4.79 Å². The van der Waals surface area contributed by atoms with Crippen molar-refractivity contribution in [1.29, 1.82) is 0 Å². The quantitative estimate of drug-likeness (QED) is 0.503. The molecule has 1 aromatic heterocycles. The molecule has 7 nitrogen and oxygen atoms in total. The van der Waals surface area contributed by atoms with Gasteiger partial charge in [0.25, 0.3) is 5.91 Å². The molecule has 4 rings (SSSR count). The van der Waals surface area contributed by atoms with Crippen LogP contribution in [0.4, 0.5) is 4.79 Å². The number of carbonyl (C=O) groups is 2. The normalized spacial score (nSPS) is 14.6. The van der Waals surface area contributed by atoms with Gasteiger partial charge in [0.05, 0.1) is 23.1 Å². The standard InChI is InChI=1S/C27H31ClN4O3/c1-27(2,3)35-26(34)31-15-13-19(14-16-31)24-22(18-30-32(24)21-10-5-4-6-11-21)25(33)29-17-20-9-7-8-12-23(20)28/h4-12,18-19H,13-17H2,1-3H3,(H,29,33). The van der Waals surface area contributed by atoms with Crippen LogP contribution in [0.5, 0.6) is 0 Å². The Labute approximate surface area is 211 Å². The van der Waals surface area contributed by atoms with Crippen molar-refractivity contribution in [2.24, 2.45) is 0 Å². The number of rotatable bonds is 5. The van der Waals surface area contributed by atoms with E-state index in [2.05, 4.69) is 10.4 Å². The molecule has 8 heteroatoms. The number of nitrogens with one attached hydrogen (secondary N) is 1. The average Bonchev–Trinajstić information content (AvgIpc) is 3.28. The fourth-order valence-corrected chi connectivity index (χ4v) is 4.48. The fraction of sp³-hybridized carbons (Fsp3) is 0.370. The van der Waals surface area contributed by atoms with E-state index in [1.165, 1.54) is 0 Å². The lowest BCUT2D eigenvalue weighted by Crippen LogP contribution is -2.41. The number of piperidine rings is 1. The van der Waals surface area contributed by atoms with Crippen LogP contribution < -0.4 is 5.32 Å². The zero-order valence-electron chi connectivity index (χ0n) is 20.3. The van der Waals surface area contributed by atoms with E-state index in [9.17, 15) is 9.59 Å². The van der Waals surface area contributed by atoms with Crippen molar-refractivity contribution in [2.75, 3.05) is 13.1 Å². The molecular formula is C27H31ClN4O3. The number of ether oxygens (including phenoxy) is 1. The zero-order chi connectivity index (χ0) is 25.0. The van der Waals surface area contributed by atoms with Gasteiger partial charge in [-0.2, -0.15) is 5.10 Å². The lowest BCUT2D eigenvalue weighted by atomic mass is 9.91. The molecule has 0 spiro atoms. The van der Waals surface area contributed by atoms with E-state index in [4.69, 9.17) is 16.3 Å². The van der Waals surface area contributed by atoms with Gasteiger partial charge in [-0.1, -0.05) is 48.0 Å². The largest absolute Gasteiger partial charge is 0.444 e. The molecule has 0 unspecified atom stereocenters. The van der Waals surface area contributed by atoms with E-state index >= 15 is 0 Å². The SMILES string of the molecule is CC(C)(C)OC(=O)N1CCC(c2c(C(=O)NCc3ccccc3Cl)cnn2-c2ccccc2)CC1. The molecule has 35 heavy (non-hydrogen) atoms. The molecule has 3 aromatic rings. The van der Waals surface area contributed by atoms with Crippen molar-refractivity contribution in [3.63, 3.8) is 0 Å². The van der Waals surface area contributed by atoms with Gasteiger partial charge in [0, 0.05) is 30.6 Å². The predicted octanol–water partition coefficient (Wildman–Crippen LogP) is 5.57. The lowest BCUT2D eigenvalue weighted by molar-refractivity contribution is 0.0203. The van der Waals surface area contributed by atoms with Crippen LogP contribution in [0.25, 0.3) is 5.69 Å². The third kappa shape index (κ3) is 6.03. The zero-order valence-corrected chi connectivity index (χ0v) is 21.1. The van der Waals surface area contributed by atoms with Gasteiger partial charge in [-0.05, 0) is 57.4 Å². The second-order valence-electron chi connectivity index (χ2n) is 9.71. The first-order chi connectivity index (χ1) is 16.7. The maximum Gasteiger partial charge on any atom is 0.410 e. The molecule has 184 valence electrons. The number of likely N-dealkylation sites (tertiary alicyclic amines) is 1. The average molecular weight is 495 g/mol. The summed E-state index contributed by atoms with van der Waals surface area (Å²) in [6, 6.07) is 17.2. The summed E-state index contributed by atoms with van der Waals surface area (Å²) >= 11 is 6.26. The van der Waals surface area contributed by atoms with Gasteiger partial charge < -0.3 is 15.0 Å². The number of halogens is 1. The van der Waals surface area contributed by atoms with E-state index in [0.29, 0.717) is 43.1 Å². The van der Waals surface area contributed by atoms with E-state index in [-0.39, 0.29) is 17.9 Å².